The second kappa shape index (κ2) is 7.92. The van der Waals surface area contributed by atoms with Crippen molar-refractivity contribution in [2.45, 2.75) is 13.0 Å². The molecule has 0 radical (unpaired) electrons. The minimum absolute atomic E-state index is 0.0170. The van der Waals surface area contributed by atoms with Gasteiger partial charge in [0, 0.05) is 35.7 Å². The molecule has 0 aliphatic rings. The van der Waals surface area contributed by atoms with E-state index in [1.165, 1.54) is 28.3 Å². The number of amides is 1. The van der Waals surface area contributed by atoms with Crippen LogP contribution < -0.4 is 10.9 Å². The lowest BCUT2D eigenvalue weighted by molar-refractivity contribution is -0.116. The van der Waals surface area contributed by atoms with Gasteiger partial charge in [0.25, 0.3) is 5.56 Å². The van der Waals surface area contributed by atoms with Crippen molar-refractivity contribution in [2.75, 3.05) is 5.32 Å². The molecule has 8 heteroatoms. The maximum Gasteiger partial charge on any atom is 0.262 e. The Morgan fingerprint density at radius 2 is 1.90 bits per heavy atom. The number of carbonyl (C=O) groups excluding carboxylic acids is 1. The molecular formula is C21H15F2N3O2S. The van der Waals surface area contributed by atoms with E-state index in [1.54, 1.807) is 0 Å². The highest BCUT2D eigenvalue weighted by molar-refractivity contribution is 7.17. The molecule has 0 bridgehead atoms. The summed E-state index contributed by atoms with van der Waals surface area (Å²) in [6.07, 6.45) is 1.40. The van der Waals surface area contributed by atoms with Gasteiger partial charge in [-0.3, -0.25) is 14.2 Å². The van der Waals surface area contributed by atoms with Crippen LogP contribution in [0.15, 0.2) is 65.0 Å². The SMILES string of the molecule is O=C(CCn1cnc2scc(-c3ccccc3)c2c1=O)Nc1ccc(F)c(F)c1. The van der Waals surface area contributed by atoms with Crippen LogP contribution >= 0.6 is 11.3 Å². The molecule has 0 aliphatic heterocycles. The molecule has 0 saturated heterocycles. The van der Waals surface area contributed by atoms with Crippen molar-refractivity contribution in [3.05, 3.63) is 82.2 Å². The first-order valence-electron chi connectivity index (χ1n) is 8.80. The second-order valence-corrected chi connectivity index (χ2v) is 7.22. The minimum atomic E-state index is -1.04. The van der Waals surface area contributed by atoms with Gasteiger partial charge in [0.2, 0.25) is 5.91 Å². The fraction of sp³-hybridized carbons (Fsp3) is 0.0952. The van der Waals surface area contributed by atoms with E-state index in [-0.39, 0.29) is 24.2 Å². The molecule has 2 heterocycles. The molecule has 0 aliphatic carbocycles. The molecule has 0 unspecified atom stereocenters. The quantitative estimate of drug-likeness (QED) is 0.528. The zero-order chi connectivity index (χ0) is 20.4. The van der Waals surface area contributed by atoms with Crippen molar-refractivity contribution in [1.82, 2.24) is 9.55 Å². The zero-order valence-electron chi connectivity index (χ0n) is 15.1. The van der Waals surface area contributed by atoms with Gasteiger partial charge in [0.1, 0.15) is 4.83 Å². The van der Waals surface area contributed by atoms with Crippen LogP contribution in [0.2, 0.25) is 0 Å². The molecule has 0 saturated carbocycles. The second-order valence-electron chi connectivity index (χ2n) is 6.37. The molecule has 1 N–H and O–H groups in total. The molecule has 29 heavy (non-hydrogen) atoms. The molecule has 1 amide bonds. The van der Waals surface area contributed by atoms with E-state index in [0.29, 0.717) is 10.2 Å². The van der Waals surface area contributed by atoms with Crippen LogP contribution in [-0.4, -0.2) is 15.5 Å². The molecule has 0 fully saturated rings. The molecule has 4 aromatic rings. The van der Waals surface area contributed by atoms with Gasteiger partial charge in [0.15, 0.2) is 11.6 Å². The van der Waals surface area contributed by atoms with Crippen LogP contribution in [0.3, 0.4) is 0 Å². The third-order valence-corrected chi connectivity index (χ3v) is 5.31. The third kappa shape index (κ3) is 3.93. The number of anilines is 1. The van der Waals surface area contributed by atoms with E-state index in [1.807, 2.05) is 35.7 Å². The van der Waals surface area contributed by atoms with Crippen LogP contribution in [0, 0.1) is 11.6 Å². The van der Waals surface area contributed by atoms with Crippen LogP contribution in [0.25, 0.3) is 21.3 Å². The summed E-state index contributed by atoms with van der Waals surface area (Å²) >= 11 is 1.39. The van der Waals surface area contributed by atoms with Gasteiger partial charge in [-0.15, -0.1) is 11.3 Å². The number of aromatic nitrogens is 2. The van der Waals surface area contributed by atoms with Gasteiger partial charge < -0.3 is 5.32 Å². The van der Waals surface area contributed by atoms with Gasteiger partial charge in [-0.1, -0.05) is 30.3 Å². The average molecular weight is 411 g/mol. The highest BCUT2D eigenvalue weighted by Crippen LogP contribution is 2.30. The molecular weight excluding hydrogens is 396 g/mol. The van der Waals surface area contributed by atoms with Crippen LogP contribution in [-0.2, 0) is 11.3 Å². The van der Waals surface area contributed by atoms with E-state index in [9.17, 15) is 18.4 Å². The van der Waals surface area contributed by atoms with Crippen molar-refractivity contribution in [3.63, 3.8) is 0 Å². The number of benzene rings is 2. The molecule has 5 nitrogen and oxygen atoms in total. The van der Waals surface area contributed by atoms with Crippen LogP contribution in [0.5, 0.6) is 0 Å². The van der Waals surface area contributed by atoms with Crippen LogP contribution in [0.1, 0.15) is 6.42 Å². The number of thiophene rings is 1. The summed E-state index contributed by atoms with van der Waals surface area (Å²) in [5, 5.41) is 4.91. The molecule has 4 rings (SSSR count). The summed E-state index contributed by atoms with van der Waals surface area (Å²) < 4.78 is 27.6. The van der Waals surface area contributed by atoms with E-state index >= 15 is 0 Å². The minimum Gasteiger partial charge on any atom is -0.326 e. The number of aryl methyl sites for hydroxylation is 1. The highest BCUT2D eigenvalue weighted by atomic mass is 32.1. The number of rotatable bonds is 5. The molecule has 2 aromatic carbocycles. The van der Waals surface area contributed by atoms with Crippen molar-refractivity contribution >= 4 is 33.1 Å². The first kappa shape index (κ1) is 18.9. The van der Waals surface area contributed by atoms with Crippen molar-refractivity contribution in [3.8, 4) is 11.1 Å². The highest BCUT2D eigenvalue weighted by Gasteiger charge is 2.14. The Morgan fingerprint density at radius 1 is 1.10 bits per heavy atom. The number of halogens is 2. The van der Waals surface area contributed by atoms with Gasteiger partial charge in [-0.05, 0) is 17.7 Å². The smallest absolute Gasteiger partial charge is 0.262 e. The maximum absolute atomic E-state index is 13.2. The van der Waals surface area contributed by atoms with Crippen molar-refractivity contribution in [2.24, 2.45) is 0 Å². The van der Waals surface area contributed by atoms with Crippen LogP contribution in [0.4, 0.5) is 14.5 Å². The molecule has 0 spiro atoms. The van der Waals surface area contributed by atoms with Gasteiger partial charge in [0.05, 0.1) is 11.7 Å². The first-order valence-corrected chi connectivity index (χ1v) is 9.68. The Bertz CT molecular complexity index is 1250. The van der Waals surface area contributed by atoms with E-state index in [4.69, 9.17) is 0 Å². The average Bonchev–Trinajstić information content (AvgIpc) is 3.16. The first-order chi connectivity index (χ1) is 14.0. The largest absolute Gasteiger partial charge is 0.326 e. The van der Waals surface area contributed by atoms with E-state index < -0.39 is 17.5 Å². The molecule has 0 atom stereocenters. The monoisotopic (exact) mass is 411 g/mol. The number of hydrogen-bond acceptors (Lipinski definition) is 4. The fourth-order valence-corrected chi connectivity index (χ4v) is 3.88. The predicted octanol–water partition coefficient (Wildman–Crippen LogP) is 4.43. The Balaban J connectivity index is 1.54. The number of hydrogen-bond donors (Lipinski definition) is 1. The summed E-state index contributed by atoms with van der Waals surface area (Å²) in [5.41, 5.74) is 1.66. The zero-order valence-corrected chi connectivity index (χ0v) is 15.9. The molecule has 146 valence electrons. The standard InChI is InChI=1S/C21H15F2N3O2S/c22-16-7-6-14(10-17(16)23)25-18(27)8-9-26-12-24-20-19(21(26)28)15(11-29-20)13-4-2-1-3-5-13/h1-7,10-12H,8-9H2,(H,25,27). The third-order valence-electron chi connectivity index (χ3n) is 4.43. The normalized spacial score (nSPS) is 11.0. The lowest BCUT2D eigenvalue weighted by Gasteiger charge is -2.08. The number of nitrogens with one attached hydrogen (secondary N) is 1. The Labute approximate surface area is 168 Å². The predicted molar refractivity (Wildman–Crippen MR) is 109 cm³/mol. The fourth-order valence-electron chi connectivity index (χ4n) is 2.98. The van der Waals surface area contributed by atoms with E-state index in [0.717, 1.165) is 23.3 Å². The Morgan fingerprint density at radius 3 is 2.66 bits per heavy atom. The summed E-state index contributed by atoms with van der Waals surface area (Å²) in [7, 11) is 0. The Kier molecular flexibility index (Phi) is 5.18. The Hall–Kier alpha value is -3.39. The lowest BCUT2D eigenvalue weighted by atomic mass is 10.1. The van der Waals surface area contributed by atoms with Gasteiger partial charge >= 0.3 is 0 Å². The van der Waals surface area contributed by atoms with Gasteiger partial charge in [-0.25, -0.2) is 13.8 Å². The van der Waals surface area contributed by atoms with E-state index in [2.05, 4.69) is 10.3 Å². The summed E-state index contributed by atoms with van der Waals surface area (Å²) in [6.45, 7) is 0.112. The van der Waals surface area contributed by atoms with Crippen molar-refractivity contribution < 1.29 is 13.6 Å². The topological polar surface area (TPSA) is 64.0 Å². The number of fused-ring (bicyclic) bond motifs is 1. The molecule has 2 aromatic heterocycles. The maximum atomic E-state index is 13.2. The summed E-state index contributed by atoms with van der Waals surface area (Å²) in [6, 6.07) is 12.7. The lowest BCUT2D eigenvalue weighted by Crippen LogP contribution is -2.23. The number of nitrogens with zero attached hydrogens (tertiary/aromatic N) is 2. The summed E-state index contributed by atoms with van der Waals surface area (Å²) in [4.78, 5) is 30.0. The summed E-state index contributed by atoms with van der Waals surface area (Å²) in [5.74, 6) is -2.45. The van der Waals surface area contributed by atoms with Crippen molar-refractivity contribution in [1.29, 1.82) is 0 Å². The van der Waals surface area contributed by atoms with Gasteiger partial charge in [-0.2, -0.15) is 0 Å². The number of carbonyl (C=O) groups is 1.